The van der Waals surface area contributed by atoms with Crippen LogP contribution in [-0.4, -0.2) is 23.2 Å². The molecule has 3 aromatic rings. The molecule has 0 saturated heterocycles. The second-order valence-electron chi connectivity index (χ2n) is 6.55. The molecule has 3 rings (SSSR count). The average molecular weight is 405 g/mol. The fraction of sp³-hybridized carbons (Fsp3) is 0.263. The Hall–Kier alpha value is -2.38. The number of aromatic nitrogens is 3. The summed E-state index contributed by atoms with van der Waals surface area (Å²) in [5, 5.41) is 4.84. The lowest BCUT2D eigenvalue weighted by molar-refractivity contribution is 0.599. The van der Waals surface area contributed by atoms with E-state index in [-0.39, 0.29) is 10.8 Å². The van der Waals surface area contributed by atoms with E-state index in [0.29, 0.717) is 11.6 Å². The maximum Gasteiger partial charge on any atom is 0.264 e. The molecular weight excluding hydrogens is 384 g/mol. The first kappa shape index (κ1) is 19.4. The second-order valence-corrected chi connectivity index (χ2v) is 8.58. The van der Waals surface area contributed by atoms with Gasteiger partial charge in [0, 0.05) is 5.02 Å². The van der Waals surface area contributed by atoms with Gasteiger partial charge in [0.05, 0.1) is 11.4 Å². The smallest absolute Gasteiger partial charge is 0.246 e. The van der Waals surface area contributed by atoms with Crippen LogP contribution in [0.15, 0.2) is 41.6 Å². The summed E-state index contributed by atoms with van der Waals surface area (Å²) in [6.45, 7) is 7.81. The SMILES string of the molecule is Cc1cc(C)c(C)c(S(=O)(=O)Nc2ncn(Cc3ccccc3Cl)n2)c1C. The highest BCUT2D eigenvalue weighted by atomic mass is 35.5. The number of aryl methyl sites for hydroxylation is 2. The van der Waals surface area contributed by atoms with Gasteiger partial charge >= 0.3 is 0 Å². The third-order valence-corrected chi connectivity index (χ3v) is 6.59. The molecule has 0 saturated carbocycles. The van der Waals surface area contributed by atoms with Crippen molar-refractivity contribution in [2.75, 3.05) is 4.72 Å². The zero-order chi connectivity index (χ0) is 19.8. The zero-order valence-corrected chi connectivity index (χ0v) is 17.2. The lowest BCUT2D eigenvalue weighted by atomic mass is 10.0. The monoisotopic (exact) mass is 404 g/mol. The molecule has 0 radical (unpaired) electrons. The zero-order valence-electron chi connectivity index (χ0n) is 15.6. The van der Waals surface area contributed by atoms with Gasteiger partial charge in [0.1, 0.15) is 6.33 Å². The van der Waals surface area contributed by atoms with Crippen LogP contribution in [0.5, 0.6) is 0 Å². The molecule has 8 heteroatoms. The molecule has 2 aromatic carbocycles. The first-order valence-corrected chi connectivity index (χ1v) is 10.3. The van der Waals surface area contributed by atoms with E-state index in [1.807, 2.05) is 38.1 Å². The Morgan fingerprint density at radius 2 is 1.70 bits per heavy atom. The minimum atomic E-state index is -3.80. The van der Waals surface area contributed by atoms with Gasteiger partial charge in [-0.15, -0.1) is 5.10 Å². The van der Waals surface area contributed by atoms with Crippen LogP contribution in [0, 0.1) is 27.7 Å². The first-order valence-electron chi connectivity index (χ1n) is 8.42. The van der Waals surface area contributed by atoms with Gasteiger partial charge in [-0.05, 0) is 61.6 Å². The molecule has 0 unspecified atom stereocenters. The number of benzene rings is 2. The molecule has 0 spiro atoms. The van der Waals surface area contributed by atoms with Crippen molar-refractivity contribution in [2.45, 2.75) is 39.1 Å². The summed E-state index contributed by atoms with van der Waals surface area (Å²) in [5.74, 6) is 0.0278. The largest absolute Gasteiger partial charge is 0.264 e. The van der Waals surface area contributed by atoms with Gasteiger partial charge in [-0.25, -0.2) is 17.8 Å². The molecular formula is C19H21ClN4O2S. The van der Waals surface area contributed by atoms with Gasteiger partial charge in [-0.3, -0.25) is 0 Å². The Balaban J connectivity index is 1.88. The van der Waals surface area contributed by atoms with Crippen LogP contribution >= 0.6 is 11.6 Å². The second kappa shape index (κ2) is 7.32. The summed E-state index contributed by atoms with van der Waals surface area (Å²) < 4.78 is 29.9. The van der Waals surface area contributed by atoms with E-state index >= 15 is 0 Å². The van der Waals surface area contributed by atoms with E-state index in [1.54, 1.807) is 24.6 Å². The fourth-order valence-electron chi connectivity index (χ4n) is 2.97. The van der Waals surface area contributed by atoms with Crippen molar-refractivity contribution in [1.82, 2.24) is 14.8 Å². The number of hydrogen-bond acceptors (Lipinski definition) is 4. The Morgan fingerprint density at radius 3 is 2.33 bits per heavy atom. The summed E-state index contributed by atoms with van der Waals surface area (Å²) in [4.78, 5) is 4.36. The fourth-order valence-corrected chi connectivity index (χ4v) is 4.73. The van der Waals surface area contributed by atoms with Gasteiger partial charge in [-0.1, -0.05) is 35.9 Å². The molecule has 0 fully saturated rings. The number of sulfonamides is 1. The molecule has 0 amide bonds. The van der Waals surface area contributed by atoms with Crippen LogP contribution in [0.25, 0.3) is 0 Å². The van der Waals surface area contributed by atoms with E-state index in [4.69, 9.17) is 11.6 Å². The van der Waals surface area contributed by atoms with Crippen molar-refractivity contribution < 1.29 is 8.42 Å². The highest BCUT2D eigenvalue weighted by molar-refractivity contribution is 7.92. The van der Waals surface area contributed by atoms with E-state index in [0.717, 1.165) is 27.8 Å². The number of rotatable bonds is 5. The van der Waals surface area contributed by atoms with Crippen LogP contribution in [0.2, 0.25) is 5.02 Å². The molecule has 1 heterocycles. The van der Waals surface area contributed by atoms with Crippen LogP contribution in [-0.2, 0) is 16.6 Å². The standard InChI is InChI=1S/C19H21ClN4O2S/c1-12-9-13(2)15(4)18(14(12)3)27(25,26)23-19-21-11-24(22-19)10-16-7-5-6-8-17(16)20/h5-9,11H,10H2,1-4H3,(H,22,23). The molecule has 27 heavy (non-hydrogen) atoms. The highest BCUT2D eigenvalue weighted by Crippen LogP contribution is 2.27. The highest BCUT2D eigenvalue weighted by Gasteiger charge is 2.23. The molecule has 0 bridgehead atoms. The summed E-state index contributed by atoms with van der Waals surface area (Å²) in [7, 11) is -3.80. The number of nitrogens with one attached hydrogen (secondary N) is 1. The van der Waals surface area contributed by atoms with Gasteiger partial charge in [0.2, 0.25) is 0 Å². The number of anilines is 1. The van der Waals surface area contributed by atoms with E-state index in [1.165, 1.54) is 6.33 Å². The lowest BCUT2D eigenvalue weighted by Gasteiger charge is -2.15. The van der Waals surface area contributed by atoms with Crippen LogP contribution in [0.3, 0.4) is 0 Å². The lowest BCUT2D eigenvalue weighted by Crippen LogP contribution is -2.18. The minimum absolute atomic E-state index is 0.0278. The summed E-state index contributed by atoms with van der Waals surface area (Å²) in [6, 6.07) is 9.40. The normalized spacial score (nSPS) is 11.6. The molecule has 0 aliphatic carbocycles. The topological polar surface area (TPSA) is 76.9 Å². The number of hydrogen-bond donors (Lipinski definition) is 1. The van der Waals surface area contributed by atoms with E-state index < -0.39 is 10.0 Å². The molecule has 6 nitrogen and oxygen atoms in total. The summed E-state index contributed by atoms with van der Waals surface area (Å²) >= 11 is 6.16. The first-order chi connectivity index (χ1) is 12.7. The van der Waals surface area contributed by atoms with Crippen molar-refractivity contribution in [3.8, 4) is 0 Å². The maximum atomic E-state index is 12.9. The Bertz CT molecular complexity index is 1080. The van der Waals surface area contributed by atoms with Crippen LogP contribution in [0.1, 0.15) is 27.8 Å². The van der Waals surface area contributed by atoms with Crippen molar-refractivity contribution in [1.29, 1.82) is 0 Å². The molecule has 142 valence electrons. The predicted octanol–water partition coefficient (Wildman–Crippen LogP) is 4.01. The molecule has 0 aliphatic rings. The minimum Gasteiger partial charge on any atom is -0.246 e. The summed E-state index contributed by atoms with van der Waals surface area (Å²) in [6.07, 6.45) is 1.47. The van der Waals surface area contributed by atoms with E-state index in [9.17, 15) is 8.42 Å². The Kier molecular flexibility index (Phi) is 5.26. The van der Waals surface area contributed by atoms with Crippen molar-refractivity contribution in [2.24, 2.45) is 0 Å². The molecule has 1 N–H and O–H groups in total. The maximum absolute atomic E-state index is 12.9. The third-order valence-electron chi connectivity index (χ3n) is 4.62. The Labute approximate surface area is 164 Å². The van der Waals surface area contributed by atoms with Gasteiger partial charge in [0.25, 0.3) is 16.0 Å². The van der Waals surface area contributed by atoms with Gasteiger partial charge in [-0.2, -0.15) is 4.98 Å². The van der Waals surface area contributed by atoms with Crippen molar-refractivity contribution >= 4 is 27.6 Å². The van der Waals surface area contributed by atoms with Crippen LogP contribution in [0.4, 0.5) is 5.95 Å². The number of nitrogens with zero attached hydrogens (tertiary/aromatic N) is 3. The van der Waals surface area contributed by atoms with Gasteiger partial charge in [0.15, 0.2) is 0 Å². The number of halogens is 1. The van der Waals surface area contributed by atoms with Crippen molar-refractivity contribution in [3.05, 3.63) is 69.5 Å². The molecule has 0 atom stereocenters. The molecule has 1 aromatic heterocycles. The Morgan fingerprint density at radius 1 is 1.07 bits per heavy atom. The van der Waals surface area contributed by atoms with E-state index in [2.05, 4.69) is 14.8 Å². The third kappa shape index (κ3) is 3.99. The average Bonchev–Trinajstić information content (AvgIpc) is 3.01. The van der Waals surface area contributed by atoms with Gasteiger partial charge < -0.3 is 0 Å². The predicted molar refractivity (Wildman–Crippen MR) is 107 cm³/mol. The quantitative estimate of drug-likeness (QED) is 0.696. The molecule has 0 aliphatic heterocycles. The van der Waals surface area contributed by atoms with Crippen LogP contribution < -0.4 is 4.72 Å². The summed E-state index contributed by atoms with van der Waals surface area (Å²) in [5.41, 5.74) is 4.17. The van der Waals surface area contributed by atoms with Crippen molar-refractivity contribution in [3.63, 3.8) is 0 Å².